The molecule has 0 saturated heterocycles. The third-order valence-electron chi connectivity index (χ3n) is 8.89. The molecule has 1 spiro atoms. The molecule has 204 valence electrons. The first kappa shape index (κ1) is 25.2. The molecule has 43 heavy (non-hydrogen) atoms. The molecule has 3 heteroatoms. The Morgan fingerprint density at radius 1 is 0.651 bits per heavy atom. The average molecular weight is 552 g/mol. The lowest BCUT2D eigenvalue weighted by Gasteiger charge is -2.33. The predicted molar refractivity (Wildman–Crippen MR) is 176 cm³/mol. The summed E-state index contributed by atoms with van der Waals surface area (Å²) in [5.41, 5.74) is 18.3. The van der Waals surface area contributed by atoms with Crippen LogP contribution in [0.5, 0.6) is 0 Å². The molecule has 0 aliphatic heterocycles. The number of rotatable bonds is 4. The third-order valence-corrected chi connectivity index (χ3v) is 8.89. The van der Waals surface area contributed by atoms with Gasteiger partial charge in [-0.25, -0.2) is 9.98 Å². The molecule has 1 atom stereocenters. The summed E-state index contributed by atoms with van der Waals surface area (Å²) in [5.74, 6) is 1.16. The van der Waals surface area contributed by atoms with E-state index < -0.39 is 5.41 Å². The summed E-state index contributed by atoms with van der Waals surface area (Å²) in [7, 11) is 0. The van der Waals surface area contributed by atoms with Gasteiger partial charge in [0.2, 0.25) is 0 Å². The molecule has 2 N–H and O–H groups in total. The number of nitrogens with two attached hydrogens (primary N) is 1. The number of benzene rings is 5. The summed E-state index contributed by atoms with van der Waals surface area (Å²) < 4.78 is 0. The molecule has 0 aromatic heterocycles. The van der Waals surface area contributed by atoms with Crippen LogP contribution in [0, 0.1) is 0 Å². The molecule has 5 aromatic carbocycles. The van der Waals surface area contributed by atoms with E-state index in [-0.39, 0.29) is 5.92 Å². The summed E-state index contributed by atoms with van der Waals surface area (Å²) in [4.78, 5) is 9.87. The Kier molecular flexibility index (Phi) is 5.90. The average Bonchev–Trinajstić information content (AvgIpc) is 3.54. The number of allylic oxidation sites excluding steroid dienone is 5. The van der Waals surface area contributed by atoms with Crippen LogP contribution in [0.2, 0.25) is 0 Å². The van der Waals surface area contributed by atoms with Crippen molar-refractivity contribution >= 4 is 12.1 Å². The van der Waals surface area contributed by atoms with E-state index in [0.29, 0.717) is 11.7 Å². The molecule has 0 radical (unpaired) electrons. The van der Waals surface area contributed by atoms with Crippen LogP contribution in [0.25, 0.3) is 11.1 Å². The maximum absolute atomic E-state index is 6.59. The molecule has 0 bridgehead atoms. The highest BCUT2D eigenvalue weighted by Gasteiger charge is 2.54. The Balaban J connectivity index is 1.39. The number of amidine groups is 1. The molecule has 3 aliphatic rings. The quantitative estimate of drug-likeness (QED) is 0.177. The molecule has 0 heterocycles. The van der Waals surface area contributed by atoms with Gasteiger partial charge >= 0.3 is 0 Å². The largest absolute Gasteiger partial charge is 0.383 e. The minimum atomic E-state index is -0.395. The van der Waals surface area contributed by atoms with Crippen molar-refractivity contribution in [3.63, 3.8) is 0 Å². The fourth-order valence-electron chi connectivity index (χ4n) is 7.09. The first-order chi connectivity index (χ1) is 21.2. The van der Waals surface area contributed by atoms with Gasteiger partial charge in [-0.1, -0.05) is 146 Å². The van der Waals surface area contributed by atoms with Crippen molar-refractivity contribution < 1.29 is 0 Å². The zero-order valence-corrected chi connectivity index (χ0v) is 23.6. The lowest BCUT2D eigenvalue weighted by molar-refractivity contribution is 0.751. The molecule has 1 unspecified atom stereocenters. The van der Waals surface area contributed by atoms with E-state index in [1.165, 1.54) is 39.0 Å². The van der Waals surface area contributed by atoms with Crippen LogP contribution in [0.3, 0.4) is 0 Å². The van der Waals surface area contributed by atoms with E-state index in [1.807, 2.05) is 66.9 Å². The van der Waals surface area contributed by atoms with Gasteiger partial charge in [-0.3, -0.25) is 0 Å². The molecular weight excluding hydrogens is 522 g/mol. The van der Waals surface area contributed by atoms with E-state index in [1.54, 1.807) is 0 Å². The molecule has 5 aromatic rings. The zero-order chi connectivity index (χ0) is 28.8. The number of fused-ring (bicyclic) bond motifs is 10. The van der Waals surface area contributed by atoms with Crippen molar-refractivity contribution in [2.45, 2.75) is 11.3 Å². The van der Waals surface area contributed by atoms with Crippen molar-refractivity contribution in [1.29, 1.82) is 0 Å². The van der Waals surface area contributed by atoms with Crippen LogP contribution >= 0.6 is 0 Å². The minimum Gasteiger partial charge on any atom is -0.383 e. The summed E-state index contributed by atoms with van der Waals surface area (Å²) in [6.45, 7) is 0. The van der Waals surface area contributed by atoms with E-state index in [0.717, 1.165) is 16.7 Å². The highest BCUT2D eigenvalue weighted by atomic mass is 15.0. The molecule has 0 amide bonds. The summed E-state index contributed by atoms with van der Waals surface area (Å²) in [6.07, 6.45) is 8.66. The maximum atomic E-state index is 6.59. The number of hydrogen-bond donors (Lipinski definition) is 1. The summed E-state index contributed by atoms with van der Waals surface area (Å²) in [5, 5.41) is 0. The van der Waals surface area contributed by atoms with Crippen molar-refractivity contribution in [3.8, 4) is 11.1 Å². The molecular formula is C40H29N3. The number of aliphatic imine (C=N–C) groups is 2. The van der Waals surface area contributed by atoms with Gasteiger partial charge in [-0.05, 0) is 50.6 Å². The van der Waals surface area contributed by atoms with Gasteiger partial charge in [0.15, 0.2) is 5.82 Å². The van der Waals surface area contributed by atoms with Crippen molar-refractivity contribution in [2.24, 2.45) is 15.7 Å². The molecule has 3 nitrogen and oxygen atoms in total. The standard InChI is InChI=1S/C40H29N3/c41-38(28-15-5-2-6-16-28)43-39(42-26-27-13-3-1-4-14-27)29-23-24-33-32-19-9-12-22-36(32)40(37(33)25-29)34-20-10-7-17-30(34)31-18-8-11-21-35(31)40/h1-26,33H,(H2,41,43)/b39-29-,42-26+. The highest BCUT2D eigenvalue weighted by molar-refractivity contribution is 5.98. The van der Waals surface area contributed by atoms with Gasteiger partial charge in [0.1, 0.15) is 5.84 Å². The third kappa shape index (κ3) is 3.89. The second-order valence-electron chi connectivity index (χ2n) is 11.2. The van der Waals surface area contributed by atoms with Crippen LogP contribution in [-0.4, -0.2) is 12.1 Å². The molecule has 3 aliphatic carbocycles. The van der Waals surface area contributed by atoms with Crippen LogP contribution in [0.1, 0.15) is 39.3 Å². The Morgan fingerprint density at radius 2 is 1.23 bits per heavy atom. The van der Waals surface area contributed by atoms with Gasteiger partial charge < -0.3 is 5.73 Å². The van der Waals surface area contributed by atoms with Gasteiger partial charge in [-0.2, -0.15) is 0 Å². The van der Waals surface area contributed by atoms with Gasteiger partial charge in [-0.15, -0.1) is 0 Å². The van der Waals surface area contributed by atoms with Crippen molar-refractivity contribution in [1.82, 2.24) is 0 Å². The summed E-state index contributed by atoms with van der Waals surface area (Å²) in [6, 6.07) is 46.6. The first-order valence-electron chi connectivity index (χ1n) is 14.7. The lowest BCUT2D eigenvalue weighted by atomic mass is 9.68. The second kappa shape index (κ2) is 10.1. The van der Waals surface area contributed by atoms with Crippen LogP contribution in [0.4, 0.5) is 0 Å². The fourth-order valence-corrected chi connectivity index (χ4v) is 7.09. The minimum absolute atomic E-state index is 0.147. The zero-order valence-electron chi connectivity index (χ0n) is 23.6. The lowest BCUT2D eigenvalue weighted by Crippen LogP contribution is -2.27. The van der Waals surface area contributed by atoms with Gasteiger partial charge in [0.05, 0.1) is 5.41 Å². The predicted octanol–water partition coefficient (Wildman–Crippen LogP) is 8.33. The van der Waals surface area contributed by atoms with E-state index in [4.69, 9.17) is 15.7 Å². The Bertz CT molecular complexity index is 1980. The topological polar surface area (TPSA) is 50.7 Å². The second-order valence-corrected chi connectivity index (χ2v) is 11.2. The van der Waals surface area contributed by atoms with Crippen molar-refractivity contribution in [2.75, 3.05) is 0 Å². The Morgan fingerprint density at radius 3 is 1.93 bits per heavy atom. The maximum Gasteiger partial charge on any atom is 0.161 e. The number of hydrogen-bond acceptors (Lipinski definition) is 2. The fraction of sp³-hybridized carbons (Fsp3) is 0.0500. The van der Waals surface area contributed by atoms with Crippen LogP contribution < -0.4 is 5.73 Å². The van der Waals surface area contributed by atoms with Crippen LogP contribution in [0.15, 0.2) is 179 Å². The highest BCUT2D eigenvalue weighted by Crippen LogP contribution is 2.64. The van der Waals surface area contributed by atoms with Crippen molar-refractivity contribution in [3.05, 3.63) is 202 Å². The monoisotopic (exact) mass is 551 g/mol. The van der Waals surface area contributed by atoms with E-state index >= 15 is 0 Å². The first-order valence-corrected chi connectivity index (χ1v) is 14.7. The molecule has 0 fully saturated rings. The molecule has 0 saturated carbocycles. The van der Waals surface area contributed by atoms with E-state index in [9.17, 15) is 0 Å². The smallest absolute Gasteiger partial charge is 0.161 e. The normalized spacial score (nSPS) is 18.7. The van der Waals surface area contributed by atoms with Gasteiger partial charge in [0, 0.05) is 23.3 Å². The van der Waals surface area contributed by atoms with Crippen LogP contribution in [-0.2, 0) is 5.41 Å². The Hall–Kier alpha value is -5.54. The molecule has 8 rings (SSSR count). The SMILES string of the molecule is N\C(=N/C(/N=C/c1ccccc1)=C1/C=CC2C(=C1)C1(c3ccccc3-c3ccccc31)c1ccccc12)c1ccccc1. The number of nitrogens with zero attached hydrogens (tertiary/aromatic N) is 2. The Labute approximate surface area is 251 Å². The van der Waals surface area contributed by atoms with E-state index in [2.05, 4.69) is 91.0 Å². The van der Waals surface area contributed by atoms with Gasteiger partial charge in [0.25, 0.3) is 0 Å². The summed E-state index contributed by atoms with van der Waals surface area (Å²) >= 11 is 0.